The Balaban J connectivity index is 1.70. The van der Waals surface area contributed by atoms with Crippen LogP contribution in [0.5, 0.6) is 5.75 Å². The van der Waals surface area contributed by atoms with Crippen LogP contribution in [-0.4, -0.2) is 11.8 Å². The molecule has 4 rings (SSSR count). The summed E-state index contributed by atoms with van der Waals surface area (Å²) in [5, 5.41) is 0. The first kappa shape index (κ1) is 16.1. The predicted molar refractivity (Wildman–Crippen MR) is 95.3 cm³/mol. The van der Waals surface area contributed by atoms with Gasteiger partial charge in [-0.15, -0.1) is 6.42 Å². The molecule has 0 heterocycles. The summed E-state index contributed by atoms with van der Waals surface area (Å²) in [6.45, 7) is 3.64. The molecule has 0 spiro atoms. The number of Topliss-reactive ketones (excluding diaryl/α,β-unsaturated/α-hetero) is 1. The second-order valence-corrected chi connectivity index (χ2v) is 7.80. The molecule has 3 aliphatic rings. The van der Waals surface area contributed by atoms with Crippen molar-refractivity contribution in [1.29, 1.82) is 0 Å². The van der Waals surface area contributed by atoms with Gasteiger partial charge < -0.3 is 4.74 Å². The van der Waals surface area contributed by atoms with Crippen LogP contribution < -0.4 is 4.74 Å². The van der Waals surface area contributed by atoms with Crippen molar-refractivity contribution in [3.8, 4) is 18.1 Å². The highest BCUT2D eigenvalue weighted by Crippen LogP contribution is 2.60. The smallest absolute Gasteiger partial charge is 0.308 e. The second kappa shape index (κ2) is 5.59. The Bertz CT molecular complexity index is 841. The van der Waals surface area contributed by atoms with E-state index in [1.165, 1.54) is 6.92 Å². The molecule has 0 radical (unpaired) electrons. The summed E-state index contributed by atoms with van der Waals surface area (Å²) < 4.78 is 5.16. The molecule has 3 aliphatic carbocycles. The summed E-state index contributed by atoms with van der Waals surface area (Å²) >= 11 is 0. The summed E-state index contributed by atoms with van der Waals surface area (Å²) in [4.78, 5) is 24.0. The van der Waals surface area contributed by atoms with E-state index in [-0.39, 0.29) is 17.2 Å². The number of hydrogen-bond acceptors (Lipinski definition) is 3. The lowest BCUT2D eigenvalue weighted by atomic mass is 9.54. The molecule has 4 atom stereocenters. The molecule has 25 heavy (non-hydrogen) atoms. The zero-order chi connectivity index (χ0) is 17.8. The highest BCUT2D eigenvalue weighted by atomic mass is 16.5. The average molecular weight is 334 g/mol. The van der Waals surface area contributed by atoms with Crippen LogP contribution in [0.3, 0.4) is 0 Å². The van der Waals surface area contributed by atoms with Crippen molar-refractivity contribution in [3.63, 3.8) is 0 Å². The third kappa shape index (κ3) is 2.35. The maximum Gasteiger partial charge on any atom is 0.308 e. The fraction of sp³-hybridized carbons (Fsp3) is 0.455. The summed E-state index contributed by atoms with van der Waals surface area (Å²) in [6.07, 6.45) is 11.6. The van der Waals surface area contributed by atoms with Crippen molar-refractivity contribution in [2.45, 2.75) is 45.4 Å². The summed E-state index contributed by atoms with van der Waals surface area (Å²) in [5.41, 5.74) is 3.02. The molecule has 1 saturated carbocycles. The maximum absolute atomic E-state index is 12.8. The Morgan fingerprint density at radius 2 is 2.20 bits per heavy atom. The molecule has 1 aromatic rings. The van der Waals surface area contributed by atoms with Crippen molar-refractivity contribution < 1.29 is 14.3 Å². The first-order valence-corrected chi connectivity index (χ1v) is 8.97. The zero-order valence-corrected chi connectivity index (χ0v) is 14.7. The monoisotopic (exact) mass is 334 g/mol. The zero-order valence-electron chi connectivity index (χ0n) is 14.7. The number of rotatable bonds is 1. The lowest BCUT2D eigenvalue weighted by Crippen LogP contribution is -2.42. The van der Waals surface area contributed by atoms with Crippen molar-refractivity contribution in [2.75, 3.05) is 0 Å². The van der Waals surface area contributed by atoms with Gasteiger partial charge in [-0.25, -0.2) is 0 Å². The first-order chi connectivity index (χ1) is 11.9. The van der Waals surface area contributed by atoms with Gasteiger partial charge in [-0.2, -0.15) is 0 Å². The Kier molecular flexibility index (Phi) is 3.61. The molecule has 1 fully saturated rings. The normalized spacial score (nSPS) is 32.8. The number of fused-ring (bicyclic) bond motifs is 5. The number of carbonyl (C=O) groups is 2. The highest BCUT2D eigenvalue weighted by Gasteiger charge is 2.52. The van der Waals surface area contributed by atoms with Crippen LogP contribution in [0.4, 0.5) is 0 Å². The minimum absolute atomic E-state index is 0.0470. The van der Waals surface area contributed by atoms with Crippen LogP contribution in [0.15, 0.2) is 29.8 Å². The standard InChI is InChI=1S/C22H22O3/c1-4-14-5-8-20-18-12-21(24)19-11-15(25-13(2)23)6-7-16(19)17(18)9-10-22(14,20)3/h1,5-7,11,17-18,20H,8-10,12H2,2-3H3. The molecule has 0 amide bonds. The van der Waals surface area contributed by atoms with Gasteiger partial charge in [0.05, 0.1) is 0 Å². The van der Waals surface area contributed by atoms with E-state index in [0.717, 1.165) is 36.0 Å². The topological polar surface area (TPSA) is 43.4 Å². The minimum Gasteiger partial charge on any atom is -0.427 e. The SMILES string of the molecule is C#CC1=CCC2C3CC(=O)c4cc(OC(C)=O)ccc4C3CCC12C. The third-order valence-corrected chi connectivity index (χ3v) is 6.58. The van der Waals surface area contributed by atoms with Gasteiger partial charge in [0.2, 0.25) is 0 Å². The van der Waals surface area contributed by atoms with Gasteiger partial charge in [0.25, 0.3) is 0 Å². The van der Waals surface area contributed by atoms with Crippen LogP contribution in [0.1, 0.15) is 61.4 Å². The highest BCUT2D eigenvalue weighted by molar-refractivity contribution is 5.99. The summed E-state index contributed by atoms with van der Waals surface area (Å²) in [5.74, 6) is 4.31. The number of allylic oxidation sites excluding steroid dienone is 2. The number of terminal acetylenes is 1. The predicted octanol–water partition coefficient (Wildman–Crippen LogP) is 4.28. The van der Waals surface area contributed by atoms with Gasteiger partial charge in [-0.05, 0) is 54.7 Å². The number of carbonyl (C=O) groups excluding carboxylic acids is 2. The second-order valence-electron chi connectivity index (χ2n) is 7.80. The van der Waals surface area contributed by atoms with Gasteiger partial charge in [0.15, 0.2) is 5.78 Å². The van der Waals surface area contributed by atoms with Crippen LogP contribution in [-0.2, 0) is 4.79 Å². The van der Waals surface area contributed by atoms with Crippen LogP contribution in [0.25, 0.3) is 0 Å². The van der Waals surface area contributed by atoms with E-state index in [1.54, 1.807) is 6.07 Å². The molecule has 0 bridgehead atoms. The van der Waals surface area contributed by atoms with Gasteiger partial charge in [-0.3, -0.25) is 9.59 Å². The minimum atomic E-state index is -0.367. The van der Waals surface area contributed by atoms with Crippen molar-refractivity contribution in [3.05, 3.63) is 41.0 Å². The fourth-order valence-electron chi connectivity index (χ4n) is 5.40. The molecule has 3 heteroatoms. The Hall–Kier alpha value is -2.34. The molecule has 0 aliphatic heterocycles. The molecule has 1 aromatic carbocycles. The van der Waals surface area contributed by atoms with Crippen molar-refractivity contribution in [1.82, 2.24) is 0 Å². The number of esters is 1. The molecule has 128 valence electrons. The lowest BCUT2D eigenvalue weighted by Gasteiger charge is -2.49. The largest absolute Gasteiger partial charge is 0.427 e. The van der Waals surface area contributed by atoms with E-state index in [2.05, 4.69) is 18.9 Å². The lowest BCUT2D eigenvalue weighted by molar-refractivity contribution is -0.131. The average Bonchev–Trinajstić information content (AvgIpc) is 2.91. The number of hydrogen-bond donors (Lipinski definition) is 0. The molecule has 3 nitrogen and oxygen atoms in total. The van der Waals surface area contributed by atoms with Gasteiger partial charge in [-0.1, -0.05) is 25.0 Å². The van der Waals surface area contributed by atoms with E-state index in [0.29, 0.717) is 29.9 Å². The third-order valence-electron chi connectivity index (χ3n) is 6.58. The summed E-state index contributed by atoms with van der Waals surface area (Å²) in [7, 11) is 0. The van der Waals surface area contributed by atoms with Crippen molar-refractivity contribution >= 4 is 11.8 Å². The van der Waals surface area contributed by atoms with E-state index < -0.39 is 0 Å². The Morgan fingerprint density at radius 1 is 1.40 bits per heavy atom. The van der Waals surface area contributed by atoms with Crippen LogP contribution >= 0.6 is 0 Å². The maximum atomic E-state index is 12.8. The van der Waals surface area contributed by atoms with E-state index in [1.807, 2.05) is 12.1 Å². The molecule has 4 unspecified atom stereocenters. The fourth-order valence-corrected chi connectivity index (χ4v) is 5.40. The molecule has 0 aromatic heterocycles. The molecular formula is C22H22O3. The number of ether oxygens (including phenoxy) is 1. The quantitative estimate of drug-likeness (QED) is 0.437. The van der Waals surface area contributed by atoms with Crippen LogP contribution in [0, 0.1) is 29.6 Å². The number of ketones is 1. The van der Waals surface area contributed by atoms with Crippen LogP contribution in [0.2, 0.25) is 0 Å². The van der Waals surface area contributed by atoms with E-state index in [4.69, 9.17) is 11.2 Å². The van der Waals surface area contributed by atoms with Crippen molar-refractivity contribution in [2.24, 2.45) is 17.3 Å². The Morgan fingerprint density at radius 3 is 2.92 bits per heavy atom. The molecule has 0 N–H and O–H groups in total. The Labute approximate surface area is 148 Å². The van der Waals surface area contributed by atoms with Gasteiger partial charge >= 0.3 is 5.97 Å². The first-order valence-electron chi connectivity index (χ1n) is 8.97. The summed E-state index contributed by atoms with van der Waals surface area (Å²) in [6, 6.07) is 5.53. The molecule has 0 saturated heterocycles. The van der Waals surface area contributed by atoms with E-state index in [9.17, 15) is 9.59 Å². The number of benzene rings is 1. The van der Waals surface area contributed by atoms with Gasteiger partial charge in [0.1, 0.15) is 5.75 Å². The molecular weight excluding hydrogens is 312 g/mol. The van der Waals surface area contributed by atoms with E-state index >= 15 is 0 Å². The van der Waals surface area contributed by atoms with Gasteiger partial charge in [0, 0.05) is 29.9 Å².